The van der Waals surface area contributed by atoms with Gasteiger partial charge in [-0.3, -0.25) is 4.99 Å². The highest BCUT2D eigenvalue weighted by molar-refractivity contribution is 5.72. The van der Waals surface area contributed by atoms with Crippen molar-refractivity contribution in [2.75, 3.05) is 0 Å². The molecule has 0 N–H and O–H groups in total. The highest BCUT2D eigenvalue weighted by Crippen LogP contribution is 2.36. The van der Waals surface area contributed by atoms with Gasteiger partial charge in [0.2, 0.25) is 0 Å². The number of furan rings is 1. The predicted molar refractivity (Wildman–Crippen MR) is 114 cm³/mol. The van der Waals surface area contributed by atoms with Crippen LogP contribution in [0.2, 0.25) is 0 Å². The summed E-state index contributed by atoms with van der Waals surface area (Å²) < 4.78 is 6.28. The van der Waals surface area contributed by atoms with E-state index in [4.69, 9.17) is 9.41 Å². The molecule has 0 aliphatic rings. The fourth-order valence-electron chi connectivity index (χ4n) is 2.84. The fraction of sp³-hybridized carbons (Fsp3) is 0.458. The molecule has 0 aliphatic heterocycles. The number of benzene rings is 1. The van der Waals surface area contributed by atoms with Crippen LogP contribution in [0.4, 0.5) is 0 Å². The molecule has 1 aromatic heterocycles. The smallest absolute Gasteiger partial charge is 0.137 e. The number of hydrogen-bond donors (Lipinski definition) is 0. The summed E-state index contributed by atoms with van der Waals surface area (Å²) >= 11 is 0. The minimum Gasteiger partial charge on any atom is -0.456 e. The van der Waals surface area contributed by atoms with Crippen molar-refractivity contribution < 1.29 is 4.42 Å². The molecule has 0 aliphatic carbocycles. The van der Waals surface area contributed by atoms with E-state index in [-0.39, 0.29) is 12.0 Å². The van der Waals surface area contributed by atoms with Crippen molar-refractivity contribution in [1.29, 1.82) is 0 Å². The van der Waals surface area contributed by atoms with Crippen LogP contribution in [-0.2, 0) is 0 Å². The summed E-state index contributed by atoms with van der Waals surface area (Å²) in [7, 11) is 0. The van der Waals surface area contributed by atoms with Crippen LogP contribution in [0, 0.1) is 31.6 Å². The first-order valence-corrected chi connectivity index (χ1v) is 9.61. The molecule has 2 rings (SSSR count). The number of hydrogen-bond acceptors (Lipinski definition) is 2. The van der Waals surface area contributed by atoms with Gasteiger partial charge in [0.15, 0.2) is 0 Å². The van der Waals surface area contributed by atoms with Crippen molar-refractivity contribution in [1.82, 2.24) is 0 Å². The maximum Gasteiger partial charge on any atom is 0.137 e. The van der Waals surface area contributed by atoms with Crippen LogP contribution in [0.15, 0.2) is 46.3 Å². The van der Waals surface area contributed by atoms with Gasteiger partial charge >= 0.3 is 0 Å². The summed E-state index contributed by atoms with van der Waals surface area (Å²) in [5.41, 5.74) is 4.49. The highest BCUT2D eigenvalue weighted by Gasteiger charge is 2.23. The molecular formula is C24H33NO. The summed E-state index contributed by atoms with van der Waals surface area (Å²) in [4.78, 5) is 4.78. The first kappa shape index (κ1) is 20.2. The van der Waals surface area contributed by atoms with Gasteiger partial charge in [-0.05, 0) is 49.3 Å². The molecule has 3 atom stereocenters. The molecule has 0 saturated carbocycles. The second kappa shape index (κ2) is 8.53. The van der Waals surface area contributed by atoms with E-state index >= 15 is 0 Å². The number of nitrogens with zero attached hydrogens (tertiary/aromatic N) is 1. The lowest BCUT2D eigenvalue weighted by atomic mass is 9.91. The predicted octanol–water partition coefficient (Wildman–Crippen LogP) is 6.96. The van der Waals surface area contributed by atoms with Gasteiger partial charge < -0.3 is 4.42 Å². The minimum atomic E-state index is 0.175. The third-order valence-corrected chi connectivity index (χ3v) is 5.66. The zero-order chi connectivity index (χ0) is 19.4. The average molecular weight is 352 g/mol. The number of rotatable bonds is 7. The minimum absolute atomic E-state index is 0.175. The van der Waals surface area contributed by atoms with Crippen molar-refractivity contribution in [3.8, 4) is 11.3 Å². The Morgan fingerprint density at radius 3 is 2.19 bits per heavy atom. The molecule has 0 amide bonds. The summed E-state index contributed by atoms with van der Waals surface area (Å²) in [5, 5.41) is 0. The lowest BCUT2D eigenvalue weighted by molar-refractivity contribution is 0.520. The Bertz CT molecular complexity index is 767. The quantitative estimate of drug-likeness (QED) is 0.495. The second-order valence-electron chi connectivity index (χ2n) is 7.83. The lowest BCUT2D eigenvalue weighted by Gasteiger charge is -2.19. The van der Waals surface area contributed by atoms with E-state index < -0.39 is 0 Å². The topological polar surface area (TPSA) is 25.5 Å². The molecule has 0 fully saturated rings. The van der Waals surface area contributed by atoms with Gasteiger partial charge in [0, 0.05) is 17.7 Å². The van der Waals surface area contributed by atoms with Crippen LogP contribution in [0.3, 0.4) is 0 Å². The molecular weight excluding hydrogens is 318 g/mol. The van der Waals surface area contributed by atoms with Crippen molar-refractivity contribution in [3.63, 3.8) is 0 Å². The molecule has 26 heavy (non-hydrogen) atoms. The Hall–Kier alpha value is -2.09. The van der Waals surface area contributed by atoms with E-state index in [2.05, 4.69) is 73.4 Å². The van der Waals surface area contributed by atoms with Crippen LogP contribution < -0.4 is 0 Å². The molecule has 2 heteroatoms. The largest absolute Gasteiger partial charge is 0.456 e. The molecule has 0 radical (unpaired) electrons. The van der Waals surface area contributed by atoms with E-state index in [0.717, 1.165) is 22.7 Å². The lowest BCUT2D eigenvalue weighted by Crippen LogP contribution is -2.15. The zero-order valence-corrected chi connectivity index (χ0v) is 17.3. The standard InChI is InChI=1S/C24H33NO/c1-15(2)16(3)14-25-21(8)17(4)18(5)23-19(6)20(7)24(26-23)22-12-10-9-11-13-22/h9-17,21H,5H2,1-4,6-8H3. The van der Waals surface area contributed by atoms with Crippen molar-refractivity contribution in [3.05, 3.63) is 53.8 Å². The average Bonchev–Trinajstić information content (AvgIpc) is 2.94. The van der Waals surface area contributed by atoms with Gasteiger partial charge in [0.05, 0.1) is 6.04 Å². The van der Waals surface area contributed by atoms with Gasteiger partial charge in [-0.2, -0.15) is 0 Å². The number of aliphatic imine (C=N–C) groups is 1. The first-order valence-electron chi connectivity index (χ1n) is 9.61. The van der Waals surface area contributed by atoms with E-state index in [9.17, 15) is 0 Å². The Morgan fingerprint density at radius 2 is 1.62 bits per heavy atom. The van der Waals surface area contributed by atoms with Crippen LogP contribution >= 0.6 is 0 Å². The Balaban J connectivity index is 2.24. The van der Waals surface area contributed by atoms with E-state index in [1.54, 1.807) is 0 Å². The molecule has 0 saturated heterocycles. The van der Waals surface area contributed by atoms with E-state index in [1.165, 1.54) is 11.1 Å². The van der Waals surface area contributed by atoms with Crippen molar-refractivity contribution >= 4 is 11.8 Å². The Labute approximate surface area is 159 Å². The van der Waals surface area contributed by atoms with Crippen LogP contribution in [-0.4, -0.2) is 12.3 Å². The SMILES string of the molecule is C=C(c1oc(-c2ccccc2)c(C)c1C)C(C)C(C)N=CC(C)C(C)C. The van der Waals surface area contributed by atoms with Crippen molar-refractivity contribution in [2.45, 2.75) is 54.5 Å². The molecule has 3 unspecified atom stereocenters. The summed E-state index contributed by atoms with van der Waals surface area (Å²) in [5.74, 6) is 3.16. The first-order chi connectivity index (χ1) is 12.2. The van der Waals surface area contributed by atoms with Crippen LogP contribution in [0.1, 0.15) is 51.5 Å². The Kier molecular flexibility index (Phi) is 6.63. The van der Waals surface area contributed by atoms with E-state index in [0.29, 0.717) is 11.8 Å². The maximum absolute atomic E-state index is 6.28. The molecule has 0 spiro atoms. The van der Waals surface area contributed by atoms with E-state index in [1.807, 2.05) is 18.2 Å². The molecule has 140 valence electrons. The highest BCUT2D eigenvalue weighted by atomic mass is 16.3. The molecule has 0 bridgehead atoms. The van der Waals surface area contributed by atoms with Gasteiger partial charge in [0.1, 0.15) is 11.5 Å². The monoisotopic (exact) mass is 351 g/mol. The Morgan fingerprint density at radius 1 is 1.00 bits per heavy atom. The van der Waals surface area contributed by atoms with Crippen LogP contribution in [0.25, 0.3) is 16.9 Å². The van der Waals surface area contributed by atoms with Gasteiger partial charge in [-0.25, -0.2) is 0 Å². The normalized spacial score (nSPS) is 15.4. The molecule has 1 aromatic carbocycles. The molecule has 1 heterocycles. The third kappa shape index (κ3) is 4.35. The van der Waals surface area contributed by atoms with Crippen molar-refractivity contribution in [2.24, 2.45) is 22.7 Å². The molecule has 2 nitrogen and oxygen atoms in total. The van der Waals surface area contributed by atoms with Gasteiger partial charge in [-0.1, -0.05) is 64.6 Å². The second-order valence-corrected chi connectivity index (χ2v) is 7.83. The fourth-order valence-corrected chi connectivity index (χ4v) is 2.84. The summed E-state index contributed by atoms with van der Waals surface area (Å²) in [6.45, 7) is 19.6. The zero-order valence-electron chi connectivity index (χ0n) is 17.3. The van der Waals surface area contributed by atoms with Gasteiger partial charge in [-0.15, -0.1) is 0 Å². The van der Waals surface area contributed by atoms with Crippen LogP contribution in [0.5, 0.6) is 0 Å². The summed E-state index contributed by atoms with van der Waals surface area (Å²) in [6.07, 6.45) is 2.09. The molecule has 2 aromatic rings. The third-order valence-electron chi connectivity index (χ3n) is 5.66. The summed E-state index contributed by atoms with van der Waals surface area (Å²) in [6, 6.07) is 10.4. The maximum atomic E-state index is 6.28. The van der Waals surface area contributed by atoms with Gasteiger partial charge in [0.25, 0.3) is 0 Å².